The van der Waals surface area contributed by atoms with Crippen LogP contribution in [-0.2, 0) is 0 Å². The Balaban J connectivity index is 2.39. The maximum Gasteiger partial charge on any atom is 0.124 e. The topological polar surface area (TPSA) is 34.1 Å². The maximum absolute atomic E-state index is 5.70. The number of para-hydroxylation sites is 1. The van der Waals surface area contributed by atoms with E-state index in [0.717, 1.165) is 22.6 Å². The largest absolute Gasteiger partial charge is 0.494 e. The molecule has 0 saturated carbocycles. The molecule has 2 aromatic rings. The Morgan fingerprint density at radius 1 is 1.21 bits per heavy atom. The van der Waals surface area contributed by atoms with Crippen molar-refractivity contribution in [3.63, 3.8) is 0 Å². The van der Waals surface area contributed by atoms with Crippen molar-refractivity contribution in [1.82, 2.24) is 10.3 Å². The molecule has 0 bridgehead atoms. The Hall–Kier alpha value is -1.87. The van der Waals surface area contributed by atoms with Crippen molar-refractivity contribution in [2.75, 3.05) is 13.7 Å². The second-order valence-electron chi connectivity index (χ2n) is 4.43. The molecule has 2 rings (SSSR count). The molecule has 0 saturated heterocycles. The van der Waals surface area contributed by atoms with Crippen LogP contribution >= 0.6 is 0 Å². The molecule has 0 aliphatic carbocycles. The van der Waals surface area contributed by atoms with Crippen LogP contribution < -0.4 is 10.1 Å². The van der Waals surface area contributed by atoms with Crippen molar-refractivity contribution < 1.29 is 4.74 Å². The van der Waals surface area contributed by atoms with Crippen molar-refractivity contribution >= 4 is 0 Å². The van der Waals surface area contributed by atoms with Gasteiger partial charge in [0.2, 0.25) is 0 Å². The molecule has 1 N–H and O–H groups in total. The monoisotopic (exact) mass is 256 g/mol. The maximum atomic E-state index is 5.70. The van der Waals surface area contributed by atoms with Gasteiger partial charge >= 0.3 is 0 Å². The smallest absolute Gasteiger partial charge is 0.124 e. The molecule has 0 radical (unpaired) electrons. The van der Waals surface area contributed by atoms with E-state index in [4.69, 9.17) is 4.74 Å². The third-order valence-electron chi connectivity index (χ3n) is 3.09. The standard InChI is InChI=1S/C16H20N2O/c1-4-19-15-8-6-5-7-14(15)16(17-3)13-10-9-12(2)18-11-13/h5-11,16-17H,4H2,1-3H3. The predicted molar refractivity (Wildman–Crippen MR) is 77.5 cm³/mol. The van der Waals surface area contributed by atoms with E-state index in [-0.39, 0.29) is 6.04 Å². The Bertz CT molecular complexity index is 523. The number of hydrogen-bond acceptors (Lipinski definition) is 3. The fraction of sp³-hybridized carbons (Fsp3) is 0.312. The zero-order chi connectivity index (χ0) is 13.7. The highest BCUT2D eigenvalue weighted by Gasteiger charge is 2.16. The van der Waals surface area contributed by atoms with Crippen LogP contribution in [0.15, 0.2) is 42.6 Å². The summed E-state index contributed by atoms with van der Waals surface area (Å²) in [5.41, 5.74) is 3.30. The fourth-order valence-electron chi connectivity index (χ4n) is 2.16. The fourth-order valence-corrected chi connectivity index (χ4v) is 2.16. The van der Waals surface area contributed by atoms with Crippen molar-refractivity contribution in [2.45, 2.75) is 19.9 Å². The van der Waals surface area contributed by atoms with Crippen LogP contribution in [0.2, 0.25) is 0 Å². The highest BCUT2D eigenvalue weighted by Crippen LogP contribution is 2.29. The normalized spacial score (nSPS) is 12.2. The molecule has 0 aliphatic heterocycles. The second-order valence-corrected chi connectivity index (χ2v) is 4.43. The highest BCUT2D eigenvalue weighted by atomic mass is 16.5. The summed E-state index contributed by atoms with van der Waals surface area (Å²) < 4.78 is 5.70. The van der Waals surface area contributed by atoms with Crippen LogP contribution in [0.25, 0.3) is 0 Å². The number of nitrogens with zero attached hydrogens (tertiary/aromatic N) is 1. The van der Waals surface area contributed by atoms with Gasteiger partial charge in [0.25, 0.3) is 0 Å². The van der Waals surface area contributed by atoms with Gasteiger partial charge in [-0.25, -0.2) is 0 Å². The van der Waals surface area contributed by atoms with Gasteiger partial charge in [-0.15, -0.1) is 0 Å². The second kappa shape index (κ2) is 6.34. The number of aryl methyl sites for hydroxylation is 1. The van der Waals surface area contributed by atoms with Crippen molar-refractivity contribution in [1.29, 1.82) is 0 Å². The van der Waals surface area contributed by atoms with Gasteiger partial charge in [0, 0.05) is 17.5 Å². The van der Waals surface area contributed by atoms with Gasteiger partial charge < -0.3 is 10.1 Å². The average molecular weight is 256 g/mol. The third-order valence-corrected chi connectivity index (χ3v) is 3.09. The number of hydrogen-bond donors (Lipinski definition) is 1. The molecule has 3 nitrogen and oxygen atoms in total. The molecule has 19 heavy (non-hydrogen) atoms. The minimum atomic E-state index is 0.0934. The summed E-state index contributed by atoms with van der Waals surface area (Å²) in [6, 6.07) is 12.3. The number of aromatic nitrogens is 1. The molecule has 3 heteroatoms. The van der Waals surface area contributed by atoms with Crippen LogP contribution in [0.1, 0.15) is 29.8 Å². The molecule has 0 spiro atoms. The minimum Gasteiger partial charge on any atom is -0.494 e. The average Bonchev–Trinajstić information content (AvgIpc) is 2.44. The lowest BCUT2D eigenvalue weighted by Gasteiger charge is -2.20. The van der Waals surface area contributed by atoms with E-state index in [1.165, 1.54) is 0 Å². The third kappa shape index (κ3) is 3.12. The summed E-state index contributed by atoms with van der Waals surface area (Å²) >= 11 is 0. The van der Waals surface area contributed by atoms with E-state index in [0.29, 0.717) is 6.61 Å². The van der Waals surface area contributed by atoms with Gasteiger partial charge in [0.1, 0.15) is 5.75 Å². The Morgan fingerprint density at radius 2 is 2.00 bits per heavy atom. The molecular weight excluding hydrogens is 236 g/mol. The predicted octanol–water partition coefficient (Wildman–Crippen LogP) is 3.10. The summed E-state index contributed by atoms with van der Waals surface area (Å²) in [5.74, 6) is 0.921. The van der Waals surface area contributed by atoms with Crippen LogP contribution in [0.5, 0.6) is 5.75 Å². The van der Waals surface area contributed by atoms with Gasteiger partial charge in [-0.1, -0.05) is 24.3 Å². The van der Waals surface area contributed by atoms with Crippen molar-refractivity contribution in [2.24, 2.45) is 0 Å². The Kier molecular flexibility index (Phi) is 4.53. The molecule has 1 aromatic carbocycles. The summed E-state index contributed by atoms with van der Waals surface area (Å²) in [6.07, 6.45) is 1.92. The molecule has 1 aromatic heterocycles. The van der Waals surface area contributed by atoms with E-state index in [9.17, 15) is 0 Å². The molecule has 0 fully saturated rings. The SMILES string of the molecule is CCOc1ccccc1C(NC)c1ccc(C)nc1. The van der Waals surface area contributed by atoms with Crippen molar-refractivity contribution in [3.05, 3.63) is 59.4 Å². The first kappa shape index (κ1) is 13.6. The Morgan fingerprint density at radius 3 is 2.63 bits per heavy atom. The first-order valence-electron chi connectivity index (χ1n) is 6.57. The molecule has 1 atom stereocenters. The van der Waals surface area contributed by atoms with Crippen LogP contribution in [0.3, 0.4) is 0 Å². The van der Waals surface area contributed by atoms with E-state index in [1.54, 1.807) is 0 Å². The highest BCUT2D eigenvalue weighted by molar-refractivity contribution is 5.41. The lowest BCUT2D eigenvalue weighted by Crippen LogP contribution is -2.19. The number of pyridine rings is 1. The van der Waals surface area contributed by atoms with Gasteiger partial charge in [-0.3, -0.25) is 4.98 Å². The van der Waals surface area contributed by atoms with Gasteiger partial charge in [-0.05, 0) is 38.6 Å². The van der Waals surface area contributed by atoms with E-state index in [2.05, 4.69) is 22.4 Å². The summed E-state index contributed by atoms with van der Waals surface area (Å²) in [5, 5.41) is 3.33. The molecule has 1 unspecified atom stereocenters. The Labute approximate surface area is 114 Å². The van der Waals surface area contributed by atoms with E-state index in [1.807, 2.05) is 51.4 Å². The first-order chi connectivity index (χ1) is 9.26. The summed E-state index contributed by atoms with van der Waals surface area (Å²) in [7, 11) is 1.95. The number of benzene rings is 1. The van der Waals surface area contributed by atoms with Crippen LogP contribution in [-0.4, -0.2) is 18.6 Å². The number of rotatable bonds is 5. The quantitative estimate of drug-likeness (QED) is 0.892. The molecule has 0 aliphatic rings. The first-order valence-corrected chi connectivity index (χ1v) is 6.57. The molecule has 0 amide bonds. The van der Waals surface area contributed by atoms with Crippen LogP contribution in [0, 0.1) is 6.92 Å². The summed E-state index contributed by atoms with van der Waals surface area (Å²) in [6.45, 7) is 4.66. The van der Waals surface area contributed by atoms with Crippen molar-refractivity contribution in [3.8, 4) is 5.75 Å². The number of nitrogens with one attached hydrogen (secondary N) is 1. The molecular formula is C16H20N2O. The molecule has 100 valence electrons. The van der Waals surface area contributed by atoms with Gasteiger partial charge in [-0.2, -0.15) is 0 Å². The summed E-state index contributed by atoms with van der Waals surface area (Å²) in [4.78, 5) is 4.37. The lowest BCUT2D eigenvalue weighted by molar-refractivity contribution is 0.334. The minimum absolute atomic E-state index is 0.0934. The zero-order valence-corrected chi connectivity index (χ0v) is 11.7. The van der Waals surface area contributed by atoms with Gasteiger partial charge in [0.15, 0.2) is 0 Å². The van der Waals surface area contributed by atoms with Crippen LogP contribution in [0.4, 0.5) is 0 Å². The van der Waals surface area contributed by atoms with Gasteiger partial charge in [0.05, 0.1) is 12.6 Å². The lowest BCUT2D eigenvalue weighted by atomic mass is 9.99. The van der Waals surface area contributed by atoms with E-state index < -0.39 is 0 Å². The van der Waals surface area contributed by atoms with E-state index >= 15 is 0 Å². The number of ether oxygens (including phenoxy) is 1. The molecule has 1 heterocycles. The zero-order valence-electron chi connectivity index (χ0n) is 11.7.